The maximum atomic E-state index is 11.3. The van der Waals surface area contributed by atoms with E-state index in [4.69, 9.17) is 16.9 Å². The van der Waals surface area contributed by atoms with Gasteiger partial charge in [-0.3, -0.25) is 4.79 Å². The lowest BCUT2D eigenvalue weighted by Gasteiger charge is -2.06. The molecular weight excluding hydrogens is 279 g/mol. The van der Waals surface area contributed by atoms with Crippen LogP contribution in [-0.4, -0.2) is 11.2 Å². The van der Waals surface area contributed by atoms with Gasteiger partial charge in [-0.05, 0) is 18.2 Å². The van der Waals surface area contributed by atoms with Gasteiger partial charge in [-0.25, -0.2) is 0 Å². The molecule has 0 radical (unpaired) electrons. The van der Waals surface area contributed by atoms with Crippen LogP contribution in [0.15, 0.2) is 18.2 Å². The molecule has 1 rings (SSSR count). The van der Waals surface area contributed by atoms with E-state index >= 15 is 0 Å². The Morgan fingerprint density at radius 3 is 2.93 bits per heavy atom. The van der Waals surface area contributed by atoms with Crippen molar-refractivity contribution in [3.63, 3.8) is 0 Å². The maximum Gasteiger partial charge on any atom is 0.225 e. The summed E-state index contributed by atoms with van der Waals surface area (Å²) in [5.74, 6) is -0.135. The highest BCUT2D eigenvalue weighted by Gasteiger charge is 2.05. The van der Waals surface area contributed by atoms with Crippen LogP contribution in [0.4, 0.5) is 5.69 Å². The summed E-state index contributed by atoms with van der Waals surface area (Å²) in [5, 5.41) is 12.3. The molecule has 0 aliphatic heterocycles. The van der Waals surface area contributed by atoms with Gasteiger partial charge in [-0.1, -0.05) is 27.5 Å². The molecule has 0 aliphatic rings. The number of nitrogens with one attached hydrogen (secondary N) is 1. The molecular formula is C10H8BrClN2O. The molecule has 0 fully saturated rings. The van der Waals surface area contributed by atoms with Gasteiger partial charge >= 0.3 is 0 Å². The van der Waals surface area contributed by atoms with E-state index in [0.29, 0.717) is 28.0 Å². The van der Waals surface area contributed by atoms with Gasteiger partial charge in [0.25, 0.3) is 0 Å². The number of hydrogen-bond acceptors (Lipinski definition) is 2. The zero-order valence-corrected chi connectivity index (χ0v) is 10.1. The predicted octanol–water partition coefficient (Wildman–Crippen LogP) is 2.94. The van der Waals surface area contributed by atoms with Gasteiger partial charge in [0.05, 0.1) is 22.3 Å². The van der Waals surface area contributed by atoms with Gasteiger partial charge in [-0.2, -0.15) is 5.26 Å². The molecule has 0 spiro atoms. The molecule has 0 aliphatic carbocycles. The summed E-state index contributed by atoms with van der Waals surface area (Å²) in [4.78, 5) is 11.3. The number of nitrogens with zero attached hydrogens (tertiary/aromatic N) is 1. The van der Waals surface area contributed by atoms with E-state index in [2.05, 4.69) is 21.2 Å². The molecule has 0 heterocycles. The van der Waals surface area contributed by atoms with Crippen molar-refractivity contribution in [1.82, 2.24) is 0 Å². The molecule has 1 aromatic carbocycles. The highest BCUT2D eigenvalue weighted by molar-refractivity contribution is 9.09. The van der Waals surface area contributed by atoms with Crippen molar-refractivity contribution in [3.8, 4) is 6.07 Å². The van der Waals surface area contributed by atoms with Gasteiger partial charge in [0.2, 0.25) is 5.91 Å². The van der Waals surface area contributed by atoms with Crippen molar-refractivity contribution in [1.29, 1.82) is 5.26 Å². The average Bonchev–Trinajstić information content (AvgIpc) is 2.21. The Morgan fingerprint density at radius 2 is 2.33 bits per heavy atom. The lowest BCUT2D eigenvalue weighted by Crippen LogP contribution is -2.11. The van der Waals surface area contributed by atoms with E-state index < -0.39 is 0 Å². The molecule has 0 aromatic heterocycles. The Balaban J connectivity index is 2.85. The van der Waals surface area contributed by atoms with Gasteiger partial charge in [0.1, 0.15) is 0 Å². The second kappa shape index (κ2) is 5.74. The van der Waals surface area contributed by atoms with Crippen LogP contribution in [0.1, 0.15) is 12.0 Å². The normalized spacial score (nSPS) is 9.40. The highest BCUT2D eigenvalue weighted by Crippen LogP contribution is 2.22. The molecule has 1 amide bonds. The number of carbonyl (C=O) groups excluding carboxylic acids is 1. The van der Waals surface area contributed by atoms with E-state index in [1.54, 1.807) is 18.2 Å². The maximum absolute atomic E-state index is 11.3. The minimum Gasteiger partial charge on any atom is -0.325 e. The molecule has 15 heavy (non-hydrogen) atoms. The Kier molecular flexibility index (Phi) is 4.60. The lowest BCUT2D eigenvalue weighted by molar-refractivity contribution is -0.115. The Labute approximate surface area is 101 Å². The third-order valence-electron chi connectivity index (χ3n) is 1.69. The minimum atomic E-state index is -0.135. The smallest absolute Gasteiger partial charge is 0.225 e. The van der Waals surface area contributed by atoms with Crippen molar-refractivity contribution in [3.05, 3.63) is 28.8 Å². The topological polar surface area (TPSA) is 52.9 Å². The van der Waals surface area contributed by atoms with Gasteiger partial charge < -0.3 is 5.32 Å². The zero-order chi connectivity index (χ0) is 11.3. The SMILES string of the molecule is N#Cc1ccc(Cl)c(NC(=O)CCBr)c1. The first kappa shape index (κ1) is 12.0. The first-order chi connectivity index (χ1) is 7.17. The fourth-order valence-corrected chi connectivity index (χ4v) is 1.51. The van der Waals surface area contributed by atoms with E-state index in [-0.39, 0.29) is 5.91 Å². The van der Waals surface area contributed by atoms with Gasteiger partial charge in [-0.15, -0.1) is 0 Å². The van der Waals surface area contributed by atoms with Crippen molar-refractivity contribution in [2.75, 3.05) is 10.6 Å². The van der Waals surface area contributed by atoms with Crippen molar-refractivity contribution >= 4 is 39.1 Å². The van der Waals surface area contributed by atoms with Crippen molar-refractivity contribution in [2.24, 2.45) is 0 Å². The van der Waals surface area contributed by atoms with E-state index in [1.807, 2.05) is 6.07 Å². The molecule has 1 N–H and O–H groups in total. The number of benzene rings is 1. The Morgan fingerprint density at radius 1 is 1.60 bits per heavy atom. The molecule has 0 bridgehead atoms. The van der Waals surface area contributed by atoms with Crippen LogP contribution in [0, 0.1) is 11.3 Å². The van der Waals surface area contributed by atoms with Crippen LogP contribution in [0.5, 0.6) is 0 Å². The third kappa shape index (κ3) is 3.54. The third-order valence-corrected chi connectivity index (χ3v) is 2.42. The van der Waals surface area contributed by atoms with Crippen LogP contribution in [0.2, 0.25) is 5.02 Å². The van der Waals surface area contributed by atoms with Crippen LogP contribution < -0.4 is 5.32 Å². The molecule has 0 saturated heterocycles. The second-order valence-corrected chi connectivity index (χ2v) is 3.99. The molecule has 1 aromatic rings. The van der Waals surface area contributed by atoms with Crippen molar-refractivity contribution in [2.45, 2.75) is 6.42 Å². The number of rotatable bonds is 3. The lowest BCUT2D eigenvalue weighted by atomic mass is 10.2. The highest BCUT2D eigenvalue weighted by atomic mass is 79.9. The summed E-state index contributed by atoms with van der Waals surface area (Å²) < 4.78 is 0. The van der Waals surface area contributed by atoms with E-state index in [0.717, 1.165) is 0 Å². The van der Waals surface area contributed by atoms with Crippen LogP contribution in [0.3, 0.4) is 0 Å². The number of halogens is 2. The van der Waals surface area contributed by atoms with E-state index in [9.17, 15) is 4.79 Å². The molecule has 5 heteroatoms. The fraction of sp³-hybridized carbons (Fsp3) is 0.200. The molecule has 0 saturated carbocycles. The molecule has 78 valence electrons. The zero-order valence-electron chi connectivity index (χ0n) is 7.76. The minimum absolute atomic E-state index is 0.135. The fourth-order valence-electron chi connectivity index (χ4n) is 0.989. The summed E-state index contributed by atoms with van der Waals surface area (Å²) >= 11 is 9.03. The Hall–Kier alpha value is -1.05. The number of anilines is 1. The predicted molar refractivity (Wildman–Crippen MR) is 63.2 cm³/mol. The second-order valence-electron chi connectivity index (χ2n) is 2.79. The quantitative estimate of drug-likeness (QED) is 0.869. The summed E-state index contributed by atoms with van der Waals surface area (Å²) in [6.07, 6.45) is 0.368. The largest absolute Gasteiger partial charge is 0.325 e. The van der Waals surface area contributed by atoms with Crippen LogP contribution >= 0.6 is 27.5 Å². The summed E-state index contributed by atoms with van der Waals surface area (Å²) in [5.41, 5.74) is 0.940. The Bertz CT molecular complexity index is 414. The number of amides is 1. The number of alkyl halides is 1. The number of carbonyl (C=O) groups is 1. The van der Waals surface area contributed by atoms with Crippen molar-refractivity contribution < 1.29 is 4.79 Å². The summed E-state index contributed by atoms with van der Waals surface area (Å²) in [6, 6.07) is 6.72. The van der Waals surface area contributed by atoms with Gasteiger partial charge in [0.15, 0.2) is 0 Å². The summed E-state index contributed by atoms with van der Waals surface area (Å²) in [6.45, 7) is 0. The molecule has 3 nitrogen and oxygen atoms in total. The number of nitriles is 1. The molecule has 0 atom stereocenters. The van der Waals surface area contributed by atoms with Gasteiger partial charge in [0, 0.05) is 11.8 Å². The first-order valence-corrected chi connectivity index (χ1v) is 5.72. The van der Waals surface area contributed by atoms with Crippen LogP contribution in [-0.2, 0) is 4.79 Å². The first-order valence-electron chi connectivity index (χ1n) is 4.23. The monoisotopic (exact) mass is 286 g/mol. The van der Waals surface area contributed by atoms with E-state index in [1.165, 1.54) is 0 Å². The summed E-state index contributed by atoms with van der Waals surface area (Å²) in [7, 11) is 0. The van der Waals surface area contributed by atoms with Crippen LogP contribution in [0.25, 0.3) is 0 Å². The average molecular weight is 288 g/mol. The number of hydrogen-bond donors (Lipinski definition) is 1. The molecule has 0 unspecified atom stereocenters. The standard InChI is InChI=1S/C10H8BrClN2O/c11-4-3-10(15)14-9-5-7(6-13)1-2-8(9)12/h1-2,5H,3-4H2,(H,14,15).